The van der Waals surface area contributed by atoms with E-state index in [2.05, 4.69) is 10.6 Å². The van der Waals surface area contributed by atoms with Gasteiger partial charge in [-0.05, 0) is 61.7 Å². The maximum atomic E-state index is 12.0. The summed E-state index contributed by atoms with van der Waals surface area (Å²) < 4.78 is 5.56. The van der Waals surface area contributed by atoms with Crippen molar-refractivity contribution in [2.45, 2.75) is 25.7 Å². The number of anilines is 2. The van der Waals surface area contributed by atoms with Gasteiger partial charge in [0.2, 0.25) is 11.8 Å². The minimum absolute atomic E-state index is 0.0626. The van der Waals surface area contributed by atoms with Crippen LogP contribution in [-0.2, 0) is 9.59 Å². The van der Waals surface area contributed by atoms with Gasteiger partial charge in [0.25, 0.3) is 0 Å². The summed E-state index contributed by atoms with van der Waals surface area (Å²) in [5.41, 5.74) is 1.42. The van der Waals surface area contributed by atoms with E-state index < -0.39 is 0 Å². The van der Waals surface area contributed by atoms with Gasteiger partial charge in [-0.2, -0.15) is 0 Å². The highest BCUT2D eigenvalue weighted by molar-refractivity contribution is 6.35. The lowest BCUT2D eigenvalue weighted by Crippen LogP contribution is -2.14. The standard InChI is InChI=1S/C20H20Cl2N2O3/c21-14-5-10-18(17(22)12-14)27-11-1-2-19(25)23-15-6-8-16(9-7-15)24-20(26)13-3-4-13/h5-10,12-13H,1-4,11H2,(H,23,25)(H,24,26). The molecule has 0 aromatic heterocycles. The molecule has 0 radical (unpaired) electrons. The van der Waals surface area contributed by atoms with Crippen LogP contribution in [0.15, 0.2) is 42.5 Å². The molecule has 0 spiro atoms. The zero-order valence-electron chi connectivity index (χ0n) is 14.6. The Morgan fingerprint density at radius 1 is 1.00 bits per heavy atom. The lowest BCUT2D eigenvalue weighted by Gasteiger charge is -2.09. The van der Waals surface area contributed by atoms with Gasteiger partial charge in [0, 0.05) is 28.7 Å². The van der Waals surface area contributed by atoms with Crippen LogP contribution in [0.25, 0.3) is 0 Å². The number of amides is 2. The number of carbonyl (C=O) groups excluding carboxylic acids is 2. The van der Waals surface area contributed by atoms with Crippen LogP contribution < -0.4 is 15.4 Å². The second-order valence-corrected chi connectivity index (χ2v) is 7.26. The van der Waals surface area contributed by atoms with Crippen molar-refractivity contribution in [3.63, 3.8) is 0 Å². The number of rotatable bonds is 8. The molecular formula is C20H20Cl2N2O3. The average Bonchev–Trinajstić information content (AvgIpc) is 3.47. The smallest absolute Gasteiger partial charge is 0.227 e. The summed E-state index contributed by atoms with van der Waals surface area (Å²) in [6.07, 6.45) is 2.81. The van der Waals surface area contributed by atoms with Gasteiger partial charge in [-0.1, -0.05) is 23.2 Å². The Labute approximate surface area is 168 Å². The second-order valence-electron chi connectivity index (χ2n) is 6.42. The van der Waals surface area contributed by atoms with Gasteiger partial charge in [0.15, 0.2) is 0 Å². The fraction of sp³-hybridized carbons (Fsp3) is 0.300. The van der Waals surface area contributed by atoms with Crippen molar-refractivity contribution in [2.24, 2.45) is 5.92 Å². The minimum atomic E-state index is -0.101. The molecule has 1 aliphatic carbocycles. The van der Waals surface area contributed by atoms with E-state index in [4.69, 9.17) is 27.9 Å². The second kappa shape index (κ2) is 9.11. The SMILES string of the molecule is O=C(CCCOc1ccc(Cl)cc1Cl)Nc1ccc(NC(=O)C2CC2)cc1. The largest absolute Gasteiger partial charge is 0.492 e. The van der Waals surface area contributed by atoms with Gasteiger partial charge >= 0.3 is 0 Å². The number of nitrogens with one attached hydrogen (secondary N) is 2. The highest BCUT2D eigenvalue weighted by Crippen LogP contribution is 2.30. The van der Waals surface area contributed by atoms with Gasteiger partial charge in [-0.15, -0.1) is 0 Å². The molecule has 27 heavy (non-hydrogen) atoms. The Morgan fingerprint density at radius 2 is 1.67 bits per heavy atom. The molecule has 7 heteroatoms. The van der Waals surface area contributed by atoms with Gasteiger partial charge < -0.3 is 15.4 Å². The fourth-order valence-corrected chi connectivity index (χ4v) is 2.92. The van der Waals surface area contributed by atoms with Crippen molar-refractivity contribution in [1.29, 1.82) is 0 Å². The van der Waals surface area contributed by atoms with Crippen molar-refractivity contribution < 1.29 is 14.3 Å². The van der Waals surface area contributed by atoms with Crippen LogP contribution >= 0.6 is 23.2 Å². The zero-order valence-corrected chi connectivity index (χ0v) is 16.1. The van der Waals surface area contributed by atoms with Crippen molar-refractivity contribution in [2.75, 3.05) is 17.2 Å². The van der Waals surface area contributed by atoms with Crippen molar-refractivity contribution >= 4 is 46.4 Å². The number of benzene rings is 2. The number of hydrogen-bond donors (Lipinski definition) is 2. The third-order valence-corrected chi connectivity index (χ3v) is 4.61. The Bertz CT molecular complexity index is 820. The third-order valence-electron chi connectivity index (χ3n) is 4.08. The monoisotopic (exact) mass is 406 g/mol. The van der Waals surface area contributed by atoms with Crippen LogP contribution in [0, 0.1) is 5.92 Å². The molecule has 0 aliphatic heterocycles. The highest BCUT2D eigenvalue weighted by Gasteiger charge is 2.29. The molecular weight excluding hydrogens is 387 g/mol. The Balaban J connectivity index is 1.37. The van der Waals surface area contributed by atoms with Crippen molar-refractivity contribution in [3.8, 4) is 5.75 Å². The summed E-state index contributed by atoms with van der Waals surface area (Å²) >= 11 is 11.9. The van der Waals surface area contributed by atoms with E-state index in [9.17, 15) is 9.59 Å². The predicted molar refractivity (Wildman–Crippen MR) is 108 cm³/mol. The van der Waals surface area contributed by atoms with E-state index in [0.717, 1.165) is 18.5 Å². The van der Waals surface area contributed by atoms with Gasteiger partial charge in [-0.25, -0.2) is 0 Å². The molecule has 3 rings (SSSR count). The van der Waals surface area contributed by atoms with Crippen LogP contribution in [0.4, 0.5) is 11.4 Å². The van der Waals surface area contributed by atoms with Crippen LogP contribution in [0.1, 0.15) is 25.7 Å². The molecule has 2 amide bonds. The van der Waals surface area contributed by atoms with Gasteiger partial charge in [0.05, 0.1) is 11.6 Å². The van der Waals surface area contributed by atoms with Crippen molar-refractivity contribution in [3.05, 3.63) is 52.5 Å². The summed E-state index contributed by atoms with van der Waals surface area (Å²) in [7, 11) is 0. The minimum Gasteiger partial charge on any atom is -0.492 e. The topological polar surface area (TPSA) is 67.4 Å². The maximum absolute atomic E-state index is 12.0. The quantitative estimate of drug-likeness (QED) is 0.596. The van der Waals surface area contributed by atoms with Crippen LogP contribution in [0.5, 0.6) is 5.75 Å². The molecule has 2 aromatic carbocycles. The molecule has 1 aliphatic rings. The molecule has 5 nitrogen and oxygen atoms in total. The molecule has 2 N–H and O–H groups in total. The molecule has 0 unspecified atom stereocenters. The first-order valence-corrected chi connectivity index (χ1v) is 9.55. The Morgan fingerprint density at radius 3 is 2.30 bits per heavy atom. The Hall–Kier alpha value is -2.24. The summed E-state index contributed by atoms with van der Waals surface area (Å²) in [6, 6.07) is 12.1. The van der Waals surface area contributed by atoms with Gasteiger partial charge in [0.1, 0.15) is 5.75 Å². The summed E-state index contributed by atoms with van der Waals surface area (Å²) in [5, 5.41) is 6.68. The summed E-state index contributed by atoms with van der Waals surface area (Å²) in [5.74, 6) is 0.669. The third kappa shape index (κ3) is 6.15. The highest BCUT2D eigenvalue weighted by atomic mass is 35.5. The molecule has 142 valence electrons. The van der Waals surface area contributed by atoms with E-state index in [0.29, 0.717) is 40.9 Å². The van der Waals surface area contributed by atoms with Crippen LogP contribution in [-0.4, -0.2) is 18.4 Å². The lowest BCUT2D eigenvalue weighted by atomic mass is 10.2. The predicted octanol–water partition coefficient (Wildman–Crippen LogP) is 5.14. The number of carbonyl (C=O) groups is 2. The lowest BCUT2D eigenvalue weighted by molar-refractivity contribution is -0.117. The molecule has 0 heterocycles. The van der Waals surface area contributed by atoms with Gasteiger partial charge in [-0.3, -0.25) is 9.59 Å². The Kier molecular flexibility index (Phi) is 6.58. The number of halogens is 2. The normalized spacial score (nSPS) is 13.1. The zero-order chi connectivity index (χ0) is 19.2. The van der Waals surface area contributed by atoms with E-state index in [1.807, 2.05) is 0 Å². The molecule has 0 atom stereocenters. The summed E-state index contributed by atoms with van der Waals surface area (Å²) in [6.45, 7) is 0.376. The number of hydrogen-bond acceptors (Lipinski definition) is 3. The first kappa shape index (κ1) is 19.5. The number of ether oxygens (including phenoxy) is 1. The van der Waals surface area contributed by atoms with E-state index in [1.54, 1.807) is 42.5 Å². The van der Waals surface area contributed by atoms with E-state index in [1.165, 1.54) is 0 Å². The molecule has 0 saturated heterocycles. The average molecular weight is 407 g/mol. The first-order chi connectivity index (χ1) is 13.0. The summed E-state index contributed by atoms with van der Waals surface area (Å²) in [4.78, 5) is 23.7. The molecule has 2 aromatic rings. The van der Waals surface area contributed by atoms with Crippen molar-refractivity contribution in [1.82, 2.24) is 0 Å². The molecule has 0 bridgehead atoms. The van der Waals surface area contributed by atoms with Crippen LogP contribution in [0.2, 0.25) is 10.0 Å². The fourth-order valence-electron chi connectivity index (χ4n) is 2.46. The van der Waals surface area contributed by atoms with E-state index in [-0.39, 0.29) is 17.7 Å². The maximum Gasteiger partial charge on any atom is 0.227 e. The molecule has 1 saturated carbocycles. The van der Waals surface area contributed by atoms with Crippen LogP contribution in [0.3, 0.4) is 0 Å². The first-order valence-electron chi connectivity index (χ1n) is 8.80. The van der Waals surface area contributed by atoms with E-state index >= 15 is 0 Å². The molecule has 1 fully saturated rings.